The van der Waals surface area contributed by atoms with E-state index in [9.17, 15) is 0 Å². The third-order valence-electron chi connectivity index (χ3n) is 2.10. The molecule has 1 aromatic carbocycles. The average Bonchev–Trinajstić information content (AvgIpc) is 2.30. The first-order valence-electron chi connectivity index (χ1n) is 4.59. The van der Waals surface area contributed by atoms with E-state index >= 15 is 0 Å². The maximum absolute atomic E-state index is 4.98. The van der Waals surface area contributed by atoms with Crippen LogP contribution in [0.5, 0.6) is 0 Å². The number of pyridine rings is 1. The zero-order valence-electron chi connectivity index (χ0n) is 8.68. The number of fused-ring (bicyclic) bond motifs is 1. The number of hydrogen-bond donors (Lipinski definition) is 0. The van der Waals surface area contributed by atoms with Gasteiger partial charge in [-0.2, -0.15) is 0 Å². The van der Waals surface area contributed by atoms with Crippen LogP contribution in [0, 0.1) is 0 Å². The van der Waals surface area contributed by atoms with Gasteiger partial charge < -0.3 is 0 Å². The minimum atomic E-state index is 0.624. The van der Waals surface area contributed by atoms with E-state index in [4.69, 9.17) is 9.68 Å². The van der Waals surface area contributed by atoms with Gasteiger partial charge in [0.15, 0.2) is 5.82 Å². The predicted molar refractivity (Wildman–Crippen MR) is 58.2 cm³/mol. The molecule has 2 rings (SSSR count). The standard InChI is InChI=1S/C11H12N2O2/c1-14-13(15-2)11-8-7-9-5-3-4-6-10(9)12-11/h3-8H,1-2H3. The predicted octanol–water partition coefficient (Wildman–Crippen LogP) is 2.16. The van der Waals surface area contributed by atoms with E-state index in [0.29, 0.717) is 5.82 Å². The van der Waals surface area contributed by atoms with Crippen molar-refractivity contribution in [3.63, 3.8) is 0 Å². The van der Waals surface area contributed by atoms with Gasteiger partial charge in [0.2, 0.25) is 0 Å². The van der Waals surface area contributed by atoms with E-state index in [1.165, 1.54) is 19.4 Å². The third kappa shape index (κ3) is 1.91. The molecule has 4 heteroatoms. The zero-order chi connectivity index (χ0) is 10.7. The van der Waals surface area contributed by atoms with Gasteiger partial charge in [-0.05, 0) is 18.2 Å². The quantitative estimate of drug-likeness (QED) is 0.717. The van der Waals surface area contributed by atoms with Crippen molar-refractivity contribution in [2.45, 2.75) is 0 Å². The molecule has 0 atom stereocenters. The van der Waals surface area contributed by atoms with Crippen molar-refractivity contribution < 1.29 is 9.68 Å². The Hall–Kier alpha value is -1.65. The van der Waals surface area contributed by atoms with Gasteiger partial charge in [0.25, 0.3) is 0 Å². The molecule has 0 radical (unpaired) electrons. The van der Waals surface area contributed by atoms with E-state index in [2.05, 4.69) is 4.98 Å². The van der Waals surface area contributed by atoms with E-state index in [0.717, 1.165) is 10.9 Å². The molecular weight excluding hydrogens is 192 g/mol. The van der Waals surface area contributed by atoms with Crippen LogP contribution in [-0.2, 0) is 9.68 Å². The maximum Gasteiger partial charge on any atom is 0.184 e. The summed E-state index contributed by atoms with van der Waals surface area (Å²) in [5, 5.41) is 2.35. The number of anilines is 1. The highest BCUT2D eigenvalue weighted by molar-refractivity contribution is 5.79. The summed E-state index contributed by atoms with van der Waals surface area (Å²) in [6.07, 6.45) is 0. The molecule has 0 aliphatic rings. The van der Waals surface area contributed by atoms with Crippen LogP contribution >= 0.6 is 0 Å². The van der Waals surface area contributed by atoms with Gasteiger partial charge in [-0.3, -0.25) is 9.68 Å². The van der Waals surface area contributed by atoms with E-state index in [-0.39, 0.29) is 0 Å². The molecule has 0 spiro atoms. The van der Waals surface area contributed by atoms with Crippen LogP contribution in [-0.4, -0.2) is 19.2 Å². The Kier molecular flexibility index (Phi) is 2.80. The fourth-order valence-electron chi connectivity index (χ4n) is 1.42. The number of nitrogens with zero attached hydrogens (tertiary/aromatic N) is 2. The van der Waals surface area contributed by atoms with Crippen molar-refractivity contribution in [2.24, 2.45) is 0 Å². The monoisotopic (exact) mass is 204 g/mol. The Morgan fingerprint density at radius 2 is 1.73 bits per heavy atom. The Morgan fingerprint density at radius 1 is 1.00 bits per heavy atom. The van der Waals surface area contributed by atoms with Gasteiger partial charge in [0.1, 0.15) is 0 Å². The number of aromatic nitrogens is 1. The van der Waals surface area contributed by atoms with Gasteiger partial charge in [0.05, 0.1) is 19.7 Å². The SMILES string of the molecule is CON(OC)c1ccc2ccccc2n1. The molecule has 0 aliphatic carbocycles. The van der Waals surface area contributed by atoms with Crippen molar-refractivity contribution in [2.75, 3.05) is 19.4 Å². The van der Waals surface area contributed by atoms with Crippen molar-refractivity contribution in [3.8, 4) is 0 Å². The molecule has 0 unspecified atom stereocenters. The summed E-state index contributed by atoms with van der Waals surface area (Å²) in [5.41, 5.74) is 0.911. The fourth-order valence-corrected chi connectivity index (χ4v) is 1.42. The van der Waals surface area contributed by atoms with Gasteiger partial charge in [-0.25, -0.2) is 4.98 Å². The van der Waals surface area contributed by atoms with Crippen LogP contribution in [0.1, 0.15) is 0 Å². The van der Waals surface area contributed by atoms with E-state index in [1.54, 1.807) is 0 Å². The second-order valence-corrected chi connectivity index (χ2v) is 2.98. The first-order valence-corrected chi connectivity index (χ1v) is 4.59. The van der Waals surface area contributed by atoms with Gasteiger partial charge >= 0.3 is 0 Å². The van der Waals surface area contributed by atoms with Crippen molar-refractivity contribution in [3.05, 3.63) is 36.4 Å². The lowest BCUT2D eigenvalue weighted by atomic mass is 10.2. The van der Waals surface area contributed by atoms with Gasteiger partial charge in [0, 0.05) is 5.39 Å². The van der Waals surface area contributed by atoms with Crippen molar-refractivity contribution >= 4 is 16.7 Å². The van der Waals surface area contributed by atoms with Crippen LogP contribution in [0.15, 0.2) is 36.4 Å². The lowest BCUT2D eigenvalue weighted by Gasteiger charge is -2.16. The number of para-hydroxylation sites is 1. The highest BCUT2D eigenvalue weighted by atomic mass is 16.9. The molecule has 1 heterocycles. The van der Waals surface area contributed by atoms with Crippen molar-refractivity contribution in [1.29, 1.82) is 0 Å². The largest absolute Gasteiger partial charge is 0.251 e. The van der Waals surface area contributed by atoms with E-state index < -0.39 is 0 Å². The molecule has 0 saturated heterocycles. The molecule has 4 nitrogen and oxygen atoms in total. The molecule has 78 valence electrons. The first-order chi connectivity index (χ1) is 7.35. The number of rotatable bonds is 3. The molecule has 0 bridgehead atoms. The van der Waals surface area contributed by atoms with Crippen molar-refractivity contribution in [1.82, 2.24) is 4.98 Å². The number of benzene rings is 1. The summed E-state index contributed by atoms with van der Waals surface area (Å²) >= 11 is 0. The molecule has 0 saturated carbocycles. The van der Waals surface area contributed by atoms with Crippen LogP contribution < -0.4 is 5.23 Å². The molecular formula is C11H12N2O2. The summed E-state index contributed by atoms with van der Waals surface area (Å²) in [7, 11) is 3.06. The minimum absolute atomic E-state index is 0.624. The Bertz CT molecular complexity index is 455. The average molecular weight is 204 g/mol. The normalized spacial score (nSPS) is 10.5. The minimum Gasteiger partial charge on any atom is -0.251 e. The molecule has 0 amide bonds. The Labute approximate surface area is 88.0 Å². The summed E-state index contributed by atoms with van der Waals surface area (Å²) in [4.78, 5) is 14.4. The zero-order valence-corrected chi connectivity index (χ0v) is 8.68. The van der Waals surface area contributed by atoms with Crippen LogP contribution in [0.25, 0.3) is 10.9 Å². The second kappa shape index (κ2) is 4.25. The van der Waals surface area contributed by atoms with Gasteiger partial charge in [-0.1, -0.05) is 18.2 Å². The van der Waals surface area contributed by atoms with E-state index in [1.807, 2.05) is 36.4 Å². The highest BCUT2D eigenvalue weighted by Crippen LogP contribution is 2.17. The molecule has 15 heavy (non-hydrogen) atoms. The second-order valence-electron chi connectivity index (χ2n) is 2.98. The first kappa shape index (κ1) is 9.89. The fraction of sp³-hybridized carbons (Fsp3) is 0.182. The topological polar surface area (TPSA) is 34.6 Å². The van der Waals surface area contributed by atoms with Crippen LogP contribution in [0.2, 0.25) is 0 Å². The van der Waals surface area contributed by atoms with Gasteiger partial charge in [-0.15, -0.1) is 5.23 Å². The number of hydrogen-bond acceptors (Lipinski definition) is 4. The third-order valence-corrected chi connectivity index (χ3v) is 2.10. The highest BCUT2D eigenvalue weighted by Gasteiger charge is 2.06. The summed E-state index contributed by atoms with van der Waals surface area (Å²) in [6, 6.07) is 11.7. The lowest BCUT2D eigenvalue weighted by Crippen LogP contribution is -2.20. The molecule has 0 N–H and O–H groups in total. The van der Waals surface area contributed by atoms with Crippen LogP contribution in [0.4, 0.5) is 5.82 Å². The molecule has 2 aromatic rings. The maximum atomic E-state index is 4.98. The lowest BCUT2D eigenvalue weighted by molar-refractivity contribution is -0.0450. The summed E-state index contributed by atoms with van der Waals surface area (Å²) in [6.45, 7) is 0. The summed E-state index contributed by atoms with van der Waals surface area (Å²) < 4.78 is 0. The smallest absolute Gasteiger partial charge is 0.184 e. The Morgan fingerprint density at radius 3 is 2.47 bits per heavy atom. The van der Waals surface area contributed by atoms with Crippen LogP contribution in [0.3, 0.4) is 0 Å². The summed E-state index contributed by atoms with van der Waals surface area (Å²) in [5.74, 6) is 0.624. The molecule has 0 aliphatic heterocycles. The molecule has 1 aromatic heterocycles. The Balaban J connectivity index is 2.46. The molecule has 0 fully saturated rings.